The molecule has 1 fully saturated rings. The monoisotopic (exact) mass is 167 g/mol. The van der Waals surface area contributed by atoms with Crippen molar-refractivity contribution in [3.05, 3.63) is 12.2 Å². The molecule has 0 unspecified atom stereocenters. The summed E-state index contributed by atoms with van der Waals surface area (Å²) in [4.78, 5) is 10.8. The number of aliphatic carboxylic acids is 1. The fraction of sp³-hybridized carbons (Fsp3) is 0.667. The van der Waals surface area contributed by atoms with E-state index in [1.807, 2.05) is 6.08 Å². The molecule has 0 radical (unpaired) electrons. The molecule has 0 aromatic carbocycles. The predicted molar refractivity (Wildman–Crippen MR) is 44.5 cm³/mol. The highest BCUT2D eigenvalue weighted by Crippen LogP contribution is 2.39. The Morgan fingerprint density at radius 3 is 2.25 bits per heavy atom. The van der Waals surface area contributed by atoms with Crippen LogP contribution < -0.4 is 5.73 Å². The molecule has 0 aromatic heterocycles. The van der Waals surface area contributed by atoms with Crippen molar-refractivity contribution in [2.45, 2.75) is 18.9 Å². The first kappa shape index (κ1) is 7.80. The van der Waals surface area contributed by atoms with E-state index in [0.29, 0.717) is 5.92 Å². The third-order valence-electron chi connectivity index (χ3n) is 3.09. The molecule has 2 bridgehead atoms. The predicted octanol–water partition coefficient (Wildman–Crippen LogP) is 0.610. The van der Waals surface area contributed by atoms with Crippen LogP contribution in [0.4, 0.5) is 0 Å². The number of hydrogen-bond acceptors (Lipinski definition) is 2. The lowest BCUT2D eigenvalue weighted by Crippen LogP contribution is -2.50. The Hall–Kier alpha value is -0.830. The van der Waals surface area contributed by atoms with Crippen molar-refractivity contribution in [1.29, 1.82) is 0 Å². The van der Waals surface area contributed by atoms with Crippen molar-refractivity contribution in [2.24, 2.45) is 23.5 Å². The van der Waals surface area contributed by atoms with Gasteiger partial charge in [0.2, 0.25) is 0 Å². The molecule has 3 rings (SSSR count). The Bertz CT molecular complexity index is 237. The summed E-state index contributed by atoms with van der Waals surface area (Å²) in [5.74, 6) is -0.589. The quantitative estimate of drug-likeness (QED) is 0.562. The van der Waals surface area contributed by atoms with E-state index in [4.69, 9.17) is 10.8 Å². The molecule has 0 aliphatic heterocycles. The number of carboxylic acid groups (broad SMARTS) is 1. The number of fused-ring (bicyclic) bond motifs is 2. The molecule has 4 atom stereocenters. The lowest BCUT2D eigenvalue weighted by Gasteiger charge is -2.40. The number of hydrogen-bond donors (Lipinski definition) is 2. The zero-order valence-corrected chi connectivity index (χ0v) is 6.81. The number of carboxylic acids is 1. The third kappa shape index (κ3) is 0.966. The normalized spacial score (nSPS) is 44.8. The molecule has 1 saturated carbocycles. The Kier molecular flexibility index (Phi) is 1.68. The minimum absolute atomic E-state index is 0.161. The first-order valence-electron chi connectivity index (χ1n) is 4.37. The summed E-state index contributed by atoms with van der Waals surface area (Å²) < 4.78 is 0. The number of rotatable bonds is 1. The van der Waals surface area contributed by atoms with Gasteiger partial charge < -0.3 is 10.8 Å². The van der Waals surface area contributed by atoms with Crippen LogP contribution >= 0.6 is 0 Å². The van der Waals surface area contributed by atoms with Crippen LogP contribution in [-0.2, 0) is 4.79 Å². The highest BCUT2D eigenvalue weighted by atomic mass is 16.4. The van der Waals surface area contributed by atoms with Gasteiger partial charge >= 0.3 is 5.97 Å². The Morgan fingerprint density at radius 2 is 1.92 bits per heavy atom. The molecule has 0 amide bonds. The number of nitrogens with two attached hydrogens (primary N) is 1. The van der Waals surface area contributed by atoms with Gasteiger partial charge in [0.1, 0.15) is 0 Å². The largest absolute Gasteiger partial charge is 0.481 e. The second kappa shape index (κ2) is 2.59. The lowest BCUT2D eigenvalue weighted by molar-refractivity contribution is -0.145. The average molecular weight is 167 g/mol. The van der Waals surface area contributed by atoms with Crippen molar-refractivity contribution in [3.63, 3.8) is 0 Å². The molecule has 0 spiro atoms. The molecule has 3 aliphatic carbocycles. The van der Waals surface area contributed by atoms with Crippen LogP contribution in [0.25, 0.3) is 0 Å². The summed E-state index contributed by atoms with van der Waals surface area (Å²) in [5, 5.41) is 8.92. The first-order chi connectivity index (χ1) is 5.70. The van der Waals surface area contributed by atoms with E-state index in [0.717, 1.165) is 12.8 Å². The maximum absolute atomic E-state index is 10.8. The molecular weight excluding hydrogens is 154 g/mol. The fourth-order valence-corrected chi connectivity index (χ4v) is 2.38. The van der Waals surface area contributed by atoms with Gasteiger partial charge in [-0.15, -0.1) is 0 Å². The Morgan fingerprint density at radius 1 is 1.33 bits per heavy atom. The van der Waals surface area contributed by atoms with E-state index in [-0.39, 0.29) is 17.9 Å². The van der Waals surface area contributed by atoms with Gasteiger partial charge in [0.15, 0.2) is 0 Å². The number of carbonyl (C=O) groups is 1. The van der Waals surface area contributed by atoms with Crippen molar-refractivity contribution < 1.29 is 9.90 Å². The van der Waals surface area contributed by atoms with Gasteiger partial charge in [-0.3, -0.25) is 4.79 Å². The van der Waals surface area contributed by atoms with Crippen LogP contribution in [0.5, 0.6) is 0 Å². The maximum atomic E-state index is 10.8. The van der Waals surface area contributed by atoms with E-state index in [2.05, 4.69) is 6.08 Å². The summed E-state index contributed by atoms with van der Waals surface area (Å²) in [6.07, 6.45) is 6.16. The maximum Gasteiger partial charge on any atom is 0.308 e. The van der Waals surface area contributed by atoms with Gasteiger partial charge in [0.05, 0.1) is 5.92 Å². The van der Waals surface area contributed by atoms with Gasteiger partial charge in [0, 0.05) is 6.04 Å². The first-order valence-corrected chi connectivity index (χ1v) is 4.37. The minimum atomic E-state index is -0.735. The molecule has 0 saturated heterocycles. The average Bonchev–Trinajstić information content (AvgIpc) is 2.05. The van der Waals surface area contributed by atoms with E-state index >= 15 is 0 Å². The van der Waals surface area contributed by atoms with Crippen LogP contribution in [0.15, 0.2) is 12.2 Å². The van der Waals surface area contributed by atoms with Crippen LogP contribution in [0.2, 0.25) is 0 Å². The Labute approximate surface area is 71.3 Å². The van der Waals surface area contributed by atoms with Crippen molar-refractivity contribution in [2.75, 3.05) is 0 Å². The summed E-state index contributed by atoms with van der Waals surface area (Å²) in [5.41, 5.74) is 5.83. The van der Waals surface area contributed by atoms with Crippen molar-refractivity contribution in [3.8, 4) is 0 Å². The fourth-order valence-electron chi connectivity index (χ4n) is 2.38. The van der Waals surface area contributed by atoms with Gasteiger partial charge in [-0.1, -0.05) is 12.2 Å². The van der Waals surface area contributed by atoms with Crippen LogP contribution in [0.1, 0.15) is 12.8 Å². The van der Waals surface area contributed by atoms with E-state index < -0.39 is 5.97 Å². The van der Waals surface area contributed by atoms with Gasteiger partial charge in [-0.2, -0.15) is 0 Å². The zero-order valence-electron chi connectivity index (χ0n) is 6.81. The second-order valence-corrected chi connectivity index (χ2v) is 3.73. The molecule has 3 N–H and O–H groups in total. The highest BCUT2D eigenvalue weighted by molar-refractivity contribution is 5.72. The molecular formula is C9H13NO2. The van der Waals surface area contributed by atoms with Gasteiger partial charge in [0.25, 0.3) is 0 Å². The second-order valence-electron chi connectivity index (χ2n) is 3.73. The topological polar surface area (TPSA) is 63.3 Å². The summed E-state index contributed by atoms with van der Waals surface area (Å²) in [6, 6.07) is -0.161. The molecule has 0 heterocycles. The minimum Gasteiger partial charge on any atom is -0.481 e. The molecule has 0 aromatic rings. The molecule has 3 nitrogen and oxygen atoms in total. The van der Waals surface area contributed by atoms with Crippen LogP contribution in [0.3, 0.4) is 0 Å². The lowest BCUT2D eigenvalue weighted by atomic mass is 9.66. The van der Waals surface area contributed by atoms with E-state index in [1.54, 1.807) is 0 Å². The zero-order chi connectivity index (χ0) is 8.72. The summed E-state index contributed by atoms with van der Waals surface area (Å²) >= 11 is 0. The van der Waals surface area contributed by atoms with Crippen molar-refractivity contribution >= 4 is 5.97 Å². The van der Waals surface area contributed by atoms with Gasteiger partial charge in [-0.25, -0.2) is 0 Å². The SMILES string of the molecule is N[C@H]1[C@@H](C(=O)O)[C@H]2C=C[C@@H]1CC2. The van der Waals surface area contributed by atoms with Gasteiger partial charge in [-0.05, 0) is 24.7 Å². The van der Waals surface area contributed by atoms with E-state index in [1.165, 1.54) is 0 Å². The Balaban J connectivity index is 2.26. The summed E-state index contributed by atoms with van der Waals surface area (Å²) in [7, 11) is 0. The van der Waals surface area contributed by atoms with E-state index in [9.17, 15) is 4.79 Å². The number of allylic oxidation sites excluding steroid dienone is 1. The summed E-state index contributed by atoms with van der Waals surface area (Å²) in [6.45, 7) is 0. The smallest absolute Gasteiger partial charge is 0.308 e. The van der Waals surface area contributed by atoms with Crippen LogP contribution in [0, 0.1) is 17.8 Å². The third-order valence-corrected chi connectivity index (χ3v) is 3.09. The molecule has 66 valence electrons. The van der Waals surface area contributed by atoms with Crippen molar-refractivity contribution in [1.82, 2.24) is 0 Å². The molecule has 3 heteroatoms. The van der Waals surface area contributed by atoms with Crippen LogP contribution in [-0.4, -0.2) is 17.1 Å². The molecule has 3 aliphatic rings. The standard InChI is InChI=1S/C9H13NO2/c10-8-6-3-1-5(2-4-6)7(8)9(11)12/h1,3,5-8H,2,4,10H2,(H,11,12)/t5-,6+,7-,8+/m0/s1. The highest BCUT2D eigenvalue weighted by Gasteiger charge is 2.42. The molecule has 12 heavy (non-hydrogen) atoms.